The number of rotatable bonds is 2. The van der Waals surface area contributed by atoms with Gasteiger partial charge in [-0.1, -0.05) is 0 Å². The van der Waals surface area contributed by atoms with Gasteiger partial charge in [-0.25, -0.2) is 0 Å². The Labute approximate surface area is 102 Å². The maximum atomic E-state index is 11.6. The van der Waals surface area contributed by atoms with E-state index in [9.17, 15) is 13.6 Å². The van der Waals surface area contributed by atoms with Crippen molar-refractivity contribution in [3.05, 3.63) is 0 Å². The summed E-state index contributed by atoms with van der Waals surface area (Å²) in [6, 6.07) is 0. The van der Waals surface area contributed by atoms with Crippen molar-refractivity contribution in [1.82, 2.24) is 0 Å². The molecule has 2 aliphatic rings. The molecule has 0 bridgehead atoms. The second kappa shape index (κ2) is 4.01. The first kappa shape index (κ1) is 12.9. The number of esters is 1. The highest BCUT2D eigenvalue weighted by atomic mass is 32.2. The zero-order chi connectivity index (χ0) is 12.8. The summed E-state index contributed by atoms with van der Waals surface area (Å²) in [5.74, 6) is -1.47. The Morgan fingerprint density at radius 1 is 1.35 bits per heavy atom. The van der Waals surface area contributed by atoms with Crippen LogP contribution in [0.3, 0.4) is 0 Å². The molecular weight excluding hydrogens is 248 g/mol. The van der Waals surface area contributed by atoms with Gasteiger partial charge in [0.15, 0.2) is 5.79 Å². The van der Waals surface area contributed by atoms with E-state index in [1.54, 1.807) is 13.8 Å². The topological polar surface area (TPSA) is 84.9 Å². The molecule has 0 aromatic rings. The van der Waals surface area contributed by atoms with E-state index >= 15 is 0 Å². The number of carbonyl (C=O) groups excluding carboxylic acids is 1. The summed E-state index contributed by atoms with van der Waals surface area (Å²) in [5, 5.41) is 0. The lowest BCUT2D eigenvalue weighted by molar-refractivity contribution is -0.160. The fourth-order valence-electron chi connectivity index (χ4n) is 2.54. The molecular formula is C10H15O6S-. The minimum absolute atomic E-state index is 0.0872. The van der Waals surface area contributed by atoms with Crippen molar-refractivity contribution in [2.75, 3.05) is 7.11 Å². The van der Waals surface area contributed by atoms with Gasteiger partial charge in [-0.2, -0.15) is 0 Å². The van der Waals surface area contributed by atoms with Crippen LogP contribution in [0.2, 0.25) is 0 Å². The zero-order valence-electron chi connectivity index (χ0n) is 9.93. The fourth-order valence-corrected chi connectivity index (χ4v) is 3.37. The van der Waals surface area contributed by atoms with E-state index < -0.39 is 27.6 Å². The molecule has 17 heavy (non-hydrogen) atoms. The summed E-state index contributed by atoms with van der Waals surface area (Å²) in [6.07, 6.45) is -0.572. The third-order valence-electron chi connectivity index (χ3n) is 3.22. The normalized spacial score (nSPS) is 40.9. The van der Waals surface area contributed by atoms with Gasteiger partial charge in [0.1, 0.15) is 4.75 Å². The molecule has 3 atom stereocenters. The van der Waals surface area contributed by atoms with Crippen LogP contribution in [-0.4, -0.2) is 44.6 Å². The lowest BCUT2D eigenvalue weighted by Crippen LogP contribution is -2.43. The van der Waals surface area contributed by atoms with Gasteiger partial charge in [0, 0.05) is 12.8 Å². The van der Waals surface area contributed by atoms with Crippen molar-refractivity contribution in [2.45, 2.75) is 49.4 Å². The first-order valence-corrected chi connectivity index (χ1v) is 6.42. The van der Waals surface area contributed by atoms with E-state index in [0.29, 0.717) is 0 Å². The van der Waals surface area contributed by atoms with Gasteiger partial charge in [-0.3, -0.25) is 9.00 Å². The highest BCUT2D eigenvalue weighted by Crippen LogP contribution is 2.45. The quantitative estimate of drug-likeness (QED) is 0.518. The molecule has 1 saturated heterocycles. The number of hydrogen-bond acceptors (Lipinski definition) is 6. The van der Waals surface area contributed by atoms with Crippen molar-refractivity contribution in [3.63, 3.8) is 0 Å². The number of fused-ring (bicyclic) bond motifs is 1. The first-order valence-electron chi connectivity index (χ1n) is 5.34. The molecule has 0 aromatic heterocycles. The second-order valence-electron chi connectivity index (χ2n) is 4.84. The molecule has 2 fully saturated rings. The van der Waals surface area contributed by atoms with Gasteiger partial charge in [-0.15, -0.1) is 0 Å². The maximum Gasteiger partial charge on any atom is 0.323 e. The molecule has 3 unspecified atom stereocenters. The Kier molecular flexibility index (Phi) is 3.05. The summed E-state index contributed by atoms with van der Waals surface area (Å²) >= 11 is -2.55. The Morgan fingerprint density at radius 3 is 2.18 bits per heavy atom. The third-order valence-corrected chi connectivity index (χ3v) is 4.36. The Morgan fingerprint density at radius 2 is 1.82 bits per heavy atom. The van der Waals surface area contributed by atoms with Crippen LogP contribution in [-0.2, 0) is 30.1 Å². The molecule has 0 spiro atoms. The molecule has 98 valence electrons. The fraction of sp³-hybridized carbons (Fsp3) is 0.900. The molecule has 0 amide bonds. The van der Waals surface area contributed by atoms with Crippen LogP contribution < -0.4 is 0 Å². The van der Waals surface area contributed by atoms with Gasteiger partial charge >= 0.3 is 5.97 Å². The second-order valence-corrected chi connectivity index (χ2v) is 6.09. The molecule has 0 radical (unpaired) electrons. The van der Waals surface area contributed by atoms with Crippen LogP contribution in [0.15, 0.2) is 0 Å². The molecule has 1 aliphatic carbocycles. The van der Waals surface area contributed by atoms with Crippen molar-refractivity contribution in [1.29, 1.82) is 0 Å². The Balaban J connectivity index is 2.21. The molecule has 1 heterocycles. The SMILES string of the molecule is COC(=O)C1(S(=O)[O-])CC2OC(C)(C)OC2C1. The van der Waals surface area contributed by atoms with Gasteiger partial charge in [0.05, 0.1) is 19.3 Å². The van der Waals surface area contributed by atoms with Gasteiger partial charge in [-0.05, 0) is 24.9 Å². The van der Waals surface area contributed by atoms with E-state index in [4.69, 9.17) is 9.47 Å². The molecule has 6 nitrogen and oxygen atoms in total. The Hall–Kier alpha value is -0.500. The van der Waals surface area contributed by atoms with E-state index in [1.807, 2.05) is 0 Å². The summed E-state index contributed by atoms with van der Waals surface area (Å²) in [4.78, 5) is 11.6. The van der Waals surface area contributed by atoms with Crippen LogP contribution in [0, 0.1) is 0 Å². The standard InChI is InChI=1S/C10H16O6S/c1-9(2)15-6-4-10(17(12)13,8(11)14-3)5-7(6)16-9/h6-7H,4-5H2,1-3H3,(H,12,13)/p-1. The van der Waals surface area contributed by atoms with E-state index in [2.05, 4.69) is 4.74 Å². The van der Waals surface area contributed by atoms with Gasteiger partial charge in [0.25, 0.3) is 0 Å². The predicted molar refractivity (Wildman–Crippen MR) is 56.7 cm³/mol. The van der Waals surface area contributed by atoms with Crippen molar-refractivity contribution >= 4 is 17.0 Å². The van der Waals surface area contributed by atoms with Gasteiger partial charge < -0.3 is 18.8 Å². The van der Waals surface area contributed by atoms with Gasteiger partial charge in [0.2, 0.25) is 0 Å². The Bertz CT molecular complexity index is 350. The van der Waals surface area contributed by atoms with Crippen LogP contribution in [0.5, 0.6) is 0 Å². The summed E-state index contributed by atoms with van der Waals surface area (Å²) in [5.41, 5.74) is 0. The maximum absolute atomic E-state index is 11.6. The van der Waals surface area contributed by atoms with Crippen LogP contribution in [0.4, 0.5) is 0 Å². The minimum atomic E-state index is -2.55. The van der Waals surface area contributed by atoms with E-state index in [0.717, 1.165) is 0 Å². The summed E-state index contributed by atoms with van der Waals surface area (Å²) in [7, 11) is 1.18. The predicted octanol–water partition coefficient (Wildman–Crippen LogP) is 0.0912. The van der Waals surface area contributed by atoms with E-state index in [-0.39, 0.29) is 25.0 Å². The lowest BCUT2D eigenvalue weighted by Gasteiger charge is -2.30. The van der Waals surface area contributed by atoms with Crippen LogP contribution >= 0.6 is 0 Å². The van der Waals surface area contributed by atoms with E-state index in [1.165, 1.54) is 7.11 Å². The molecule has 0 N–H and O–H groups in total. The molecule has 0 aromatic carbocycles. The molecule has 7 heteroatoms. The molecule has 1 saturated carbocycles. The number of methoxy groups -OCH3 is 1. The number of ether oxygens (including phenoxy) is 3. The smallest absolute Gasteiger partial charge is 0.323 e. The average molecular weight is 263 g/mol. The van der Waals surface area contributed by atoms with Crippen LogP contribution in [0.1, 0.15) is 26.7 Å². The largest absolute Gasteiger partial charge is 0.771 e. The number of hydrogen-bond donors (Lipinski definition) is 0. The highest BCUT2D eigenvalue weighted by molar-refractivity contribution is 7.81. The molecule has 2 rings (SSSR count). The highest BCUT2D eigenvalue weighted by Gasteiger charge is 2.58. The van der Waals surface area contributed by atoms with Crippen molar-refractivity contribution in [3.8, 4) is 0 Å². The summed E-state index contributed by atoms with van der Waals surface area (Å²) in [6.45, 7) is 3.53. The first-order chi connectivity index (χ1) is 7.81. The zero-order valence-corrected chi connectivity index (χ0v) is 10.7. The third kappa shape index (κ3) is 2.01. The minimum Gasteiger partial charge on any atom is -0.771 e. The number of carbonyl (C=O) groups is 1. The monoisotopic (exact) mass is 263 g/mol. The lowest BCUT2D eigenvalue weighted by atomic mass is 10.1. The average Bonchev–Trinajstić information content (AvgIpc) is 2.67. The summed E-state index contributed by atoms with van der Waals surface area (Å²) < 4.78 is 36.8. The van der Waals surface area contributed by atoms with Crippen LogP contribution in [0.25, 0.3) is 0 Å². The van der Waals surface area contributed by atoms with Crippen molar-refractivity contribution in [2.24, 2.45) is 0 Å². The molecule has 1 aliphatic heterocycles. The van der Waals surface area contributed by atoms with Crippen molar-refractivity contribution < 1.29 is 27.8 Å².